The van der Waals surface area contributed by atoms with E-state index in [2.05, 4.69) is 24.3 Å². The second-order valence-electron chi connectivity index (χ2n) is 7.27. The third-order valence-electron chi connectivity index (χ3n) is 4.93. The second-order valence-corrected chi connectivity index (χ2v) is 7.50. The summed E-state index contributed by atoms with van der Waals surface area (Å²) in [6, 6.07) is 0. The predicted octanol–water partition coefficient (Wildman–Crippen LogP) is 7.52. The summed E-state index contributed by atoms with van der Waals surface area (Å²) in [7, 11) is 3.28. The standard InChI is InChI=1S/C21H43OSi/c1-3-5-7-9-11-12-13-14-16-18-20-21(22-23)19-17-15-10-8-6-4-2/h21H,3-20H2,1-2H3. The third-order valence-corrected chi connectivity index (χ3v) is 5.26. The van der Waals surface area contributed by atoms with Crippen LogP contribution in [0.5, 0.6) is 0 Å². The van der Waals surface area contributed by atoms with Crippen LogP contribution in [0.2, 0.25) is 0 Å². The average Bonchev–Trinajstić information content (AvgIpc) is 2.57. The molecule has 0 bridgehead atoms. The third kappa shape index (κ3) is 18.4. The Morgan fingerprint density at radius 2 is 0.826 bits per heavy atom. The van der Waals surface area contributed by atoms with Gasteiger partial charge in [0.15, 0.2) is 0 Å². The Balaban J connectivity index is 3.26. The molecular weight excluding hydrogens is 296 g/mol. The molecule has 3 radical (unpaired) electrons. The molecule has 0 heterocycles. The first-order valence-corrected chi connectivity index (χ1v) is 11.1. The zero-order valence-corrected chi connectivity index (χ0v) is 17.2. The highest BCUT2D eigenvalue weighted by atomic mass is 28.2. The van der Waals surface area contributed by atoms with Crippen LogP contribution >= 0.6 is 0 Å². The Kier molecular flexibility index (Phi) is 20.4. The van der Waals surface area contributed by atoms with Gasteiger partial charge in [0.1, 0.15) is 0 Å². The van der Waals surface area contributed by atoms with Crippen LogP contribution < -0.4 is 0 Å². The van der Waals surface area contributed by atoms with Crippen LogP contribution in [0.3, 0.4) is 0 Å². The maximum atomic E-state index is 5.47. The average molecular weight is 340 g/mol. The molecule has 137 valence electrons. The molecule has 0 rings (SSSR count). The van der Waals surface area contributed by atoms with Gasteiger partial charge in [0.05, 0.1) is 0 Å². The van der Waals surface area contributed by atoms with Crippen LogP contribution in [0.15, 0.2) is 0 Å². The molecule has 0 saturated carbocycles. The monoisotopic (exact) mass is 339 g/mol. The molecule has 0 aromatic rings. The summed E-state index contributed by atoms with van der Waals surface area (Å²) in [5.41, 5.74) is 0. The number of rotatable bonds is 19. The highest BCUT2D eigenvalue weighted by molar-refractivity contribution is 5.98. The molecule has 0 aromatic heterocycles. The molecule has 0 aliphatic rings. The molecule has 1 atom stereocenters. The van der Waals surface area contributed by atoms with Crippen LogP contribution in [-0.4, -0.2) is 16.6 Å². The molecule has 0 spiro atoms. The number of hydrogen-bond donors (Lipinski definition) is 0. The molecule has 1 unspecified atom stereocenters. The summed E-state index contributed by atoms with van der Waals surface area (Å²) in [5.74, 6) is 0. The molecule has 2 heteroatoms. The molecule has 23 heavy (non-hydrogen) atoms. The Morgan fingerprint density at radius 1 is 0.522 bits per heavy atom. The predicted molar refractivity (Wildman–Crippen MR) is 105 cm³/mol. The Labute approximate surface area is 150 Å². The molecule has 0 N–H and O–H groups in total. The lowest BCUT2D eigenvalue weighted by Crippen LogP contribution is -2.11. The zero-order chi connectivity index (χ0) is 17.0. The van der Waals surface area contributed by atoms with E-state index in [9.17, 15) is 0 Å². The van der Waals surface area contributed by atoms with E-state index in [-0.39, 0.29) is 0 Å². The topological polar surface area (TPSA) is 9.23 Å². The SMILES string of the molecule is CCCCCCCCCCCCC(CCCCCCCC)O[Si]. The van der Waals surface area contributed by atoms with Crippen LogP contribution in [0.4, 0.5) is 0 Å². The van der Waals surface area contributed by atoms with Crippen molar-refractivity contribution in [3.63, 3.8) is 0 Å². The lowest BCUT2D eigenvalue weighted by molar-refractivity contribution is 0.189. The van der Waals surface area contributed by atoms with Crippen molar-refractivity contribution in [2.45, 2.75) is 136 Å². The fraction of sp³-hybridized carbons (Fsp3) is 1.00. The molecule has 0 aromatic carbocycles. The minimum Gasteiger partial charge on any atom is -0.416 e. The fourth-order valence-corrected chi connectivity index (χ4v) is 3.51. The van der Waals surface area contributed by atoms with E-state index in [4.69, 9.17) is 4.43 Å². The van der Waals surface area contributed by atoms with Crippen LogP contribution in [0.1, 0.15) is 129 Å². The van der Waals surface area contributed by atoms with Gasteiger partial charge in [-0.05, 0) is 12.8 Å². The summed E-state index contributed by atoms with van der Waals surface area (Å²) < 4.78 is 5.47. The molecule has 0 fully saturated rings. The summed E-state index contributed by atoms with van der Waals surface area (Å²) >= 11 is 0. The van der Waals surface area contributed by atoms with Crippen molar-refractivity contribution in [1.29, 1.82) is 0 Å². The van der Waals surface area contributed by atoms with Crippen molar-refractivity contribution < 1.29 is 4.43 Å². The van der Waals surface area contributed by atoms with Gasteiger partial charge < -0.3 is 4.43 Å². The van der Waals surface area contributed by atoms with E-state index in [1.165, 1.54) is 116 Å². The van der Waals surface area contributed by atoms with E-state index in [0.29, 0.717) is 6.10 Å². The van der Waals surface area contributed by atoms with Crippen molar-refractivity contribution in [2.75, 3.05) is 0 Å². The highest BCUT2D eigenvalue weighted by Crippen LogP contribution is 2.16. The molecule has 0 aliphatic carbocycles. The lowest BCUT2D eigenvalue weighted by Gasteiger charge is -2.15. The first-order valence-electron chi connectivity index (χ1n) is 10.7. The van der Waals surface area contributed by atoms with Gasteiger partial charge in [-0.1, -0.05) is 117 Å². The van der Waals surface area contributed by atoms with Crippen LogP contribution in [0, 0.1) is 0 Å². The van der Waals surface area contributed by atoms with Crippen LogP contribution in [0.25, 0.3) is 0 Å². The lowest BCUT2D eigenvalue weighted by atomic mass is 10.0. The van der Waals surface area contributed by atoms with Gasteiger partial charge in [0.2, 0.25) is 10.5 Å². The highest BCUT2D eigenvalue weighted by Gasteiger charge is 2.06. The van der Waals surface area contributed by atoms with Gasteiger partial charge in [-0.3, -0.25) is 0 Å². The first kappa shape index (κ1) is 23.2. The van der Waals surface area contributed by atoms with Crippen molar-refractivity contribution in [1.82, 2.24) is 0 Å². The summed E-state index contributed by atoms with van der Waals surface area (Å²) in [6.07, 6.45) is 25.3. The zero-order valence-electron chi connectivity index (χ0n) is 16.2. The molecule has 1 nitrogen and oxygen atoms in total. The van der Waals surface area contributed by atoms with Gasteiger partial charge in [-0.25, -0.2) is 0 Å². The summed E-state index contributed by atoms with van der Waals surface area (Å²) in [4.78, 5) is 0. The van der Waals surface area contributed by atoms with Crippen molar-refractivity contribution in [2.24, 2.45) is 0 Å². The largest absolute Gasteiger partial charge is 0.416 e. The van der Waals surface area contributed by atoms with Gasteiger partial charge in [-0.15, -0.1) is 0 Å². The van der Waals surface area contributed by atoms with E-state index >= 15 is 0 Å². The quantitative estimate of drug-likeness (QED) is 0.175. The van der Waals surface area contributed by atoms with Crippen molar-refractivity contribution in [3.8, 4) is 0 Å². The van der Waals surface area contributed by atoms with E-state index < -0.39 is 0 Å². The Hall–Kier alpha value is 0.177. The smallest absolute Gasteiger partial charge is 0.246 e. The van der Waals surface area contributed by atoms with Gasteiger partial charge in [0.25, 0.3) is 0 Å². The van der Waals surface area contributed by atoms with Crippen LogP contribution in [-0.2, 0) is 4.43 Å². The molecule has 0 saturated heterocycles. The second kappa shape index (κ2) is 20.2. The summed E-state index contributed by atoms with van der Waals surface area (Å²) in [6.45, 7) is 4.57. The number of hydrogen-bond acceptors (Lipinski definition) is 1. The van der Waals surface area contributed by atoms with E-state index in [1.807, 2.05) is 0 Å². The maximum Gasteiger partial charge on any atom is 0.246 e. The molecular formula is C21H43OSi. The molecule has 0 aliphatic heterocycles. The van der Waals surface area contributed by atoms with Crippen molar-refractivity contribution >= 4 is 10.5 Å². The maximum absolute atomic E-state index is 5.47. The number of unbranched alkanes of at least 4 members (excludes halogenated alkanes) is 14. The molecule has 0 amide bonds. The van der Waals surface area contributed by atoms with Gasteiger partial charge in [0, 0.05) is 6.10 Å². The van der Waals surface area contributed by atoms with Gasteiger partial charge >= 0.3 is 0 Å². The minimum absolute atomic E-state index is 0.437. The van der Waals surface area contributed by atoms with Gasteiger partial charge in [-0.2, -0.15) is 0 Å². The Bertz CT molecular complexity index is 208. The Morgan fingerprint density at radius 3 is 1.13 bits per heavy atom. The fourth-order valence-electron chi connectivity index (χ4n) is 3.27. The summed E-state index contributed by atoms with van der Waals surface area (Å²) in [5, 5.41) is 0. The van der Waals surface area contributed by atoms with E-state index in [1.54, 1.807) is 0 Å². The van der Waals surface area contributed by atoms with E-state index in [0.717, 1.165) is 0 Å². The minimum atomic E-state index is 0.437. The first-order chi connectivity index (χ1) is 11.3. The van der Waals surface area contributed by atoms with Crippen molar-refractivity contribution in [3.05, 3.63) is 0 Å². The normalized spacial score (nSPS) is 12.7.